The molecule has 18 heavy (non-hydrogen) atoms. The van der Waals surface area contributed by atoms with Crippen molar-refractivity contribution in [3.63, 3.8) is 0 Å². The van der Waals surface area contributed by atoms with Gasteiger partial charge in [-0.05, 0) is 50.4 Å². The monoisotopic (exact) mass is 244 g/mol. The molecule has 2 rings (SSSR count). The summed E-state index contributed by atoms with van der Waals surface area (Å²) in [5.41, 5.74) is 1.69. The van der Waals surface area contributed by atoms with Gasteiger partial charge in [-0.25, -0.2) is 4.98 Å². The zero-order valence-electron chi connectivity index (χ0n) is 11.1. The van der Waals surface area contributed by atoms with Gasteiger partial charge in [0.1, 0.15) is 11.9 Å². The number of anilines is 1. The molecule has 0 aromatic carbocycles. The molecule has 1 saturated heterocycles. The van der Waals surface area contributed by atoms with Gasteiger partial charge >= 0.3 is 0 Å². The summed E-state index contributed by atoms with van der Waals surface area (Å²) in [6.45, 7) is 5.11. The van der Waals surface area contributed by atoms with E-state index in [4.69, 9.17) is 0 Å². The molecule has 1 unspecified atom stereocenters. The Hall–Kier alpha value is -1.60. The number of hydrogen-bond acceptors (Lipinski definition) is 4. The van der Waals surface area contributed by atoms with E-state index in [9.17, 15) is 5.26 Å². The summed E-state index contributed by atoms with van der Waals surface area (Å²) in [6, 6.07) is 4.15. The molecular weight excluding hydrogens is 224 g/mol. The van der Waals surface area contributed by atoms with E-state index in [-0.39, 0.29) is 0 Å². The van der Waals surface area contributed by atoms with Gasteiger partial charge in [0.2, 0.25) is 0 Å². The first-order chi connectivity index (χ1) is 8.72. The number of rotatable bonds is 3. The van der Waals surface area contributed by atoms with Crippen LogP contribution in [0, 0.1) is 24.2 Å². The Balaban J connectivity index is 2.11. The third-order valence-electron chi connectivity index (χ3n) is 3.54. The van der Waals surface area contributed by atoms with E-state index in [1.54, 1.807) is 6.20 Å². The van der Waals surface area contributed by atoms with Crippen molar-refractivity contribution in [1.29, 1.82) is 5.26 Å². The van der Waals surface area contributed by atoms with Crippen molar-refractivity contribution in [2.45, 2.75) is 19.8 Å². The molecule has 1 fully saturated rings. The van der Waals surface area contributed by atoms with E-state index in [0.717, 1.165) is 31.0 Å². The second kappa shape index (κ2) is 5.83. The predicted molar refractivity (Wildman–Crippen MR) is 72.6 cm³/mol. The van der Waals surface area contributed by atoms with Crippen molar-refractivity contribution in [1.82, 2.24) is 10.3 Å². The van der Waals surface area contributed by atoms with Gasteiger partial charge in [-0.2, -0.15) is 5.26 Å². The van der Waals surface area contributed by atoms with Crippen LogP contribution < -0.4 is 10.2 Å². The smallest absolute Gasteiger partial charge is 0.146 e. The molecule has 0 amide bonds. The highest BCUT2D eigenvalue weighted by atomic mass is 15.2. The fourth-order valence-corrected chi connectivity index (χ4v) is 2.53. The Kier molecular flexibility index (Phi) is 4.16. The number of aromatic nitrogens is 1. The summed E-state index contributed by atoms with van der Waals surface area (Å²) >= 11 is 0. The Morgan fingerprint density at radius 3 is 3.11 bits per heavy atom. The van der Waals surface area contributed by atoms with Crippen LogP contribution in [-0.2, 0) is 0 Å². The number of aryl methyl sites for hydroxylation is 1. The van der Waals surface area contributed by atoms with Gasteiger partial charge in [0.25, 0.3) is 0 Å². The maximum atomic E-state index is 9.22. The first kappa shape index (κ1) is 12.8. The molecule has 1 atom stereocenters. The van der Waals surface area contributed by atoms with Gasteiger partial charge in [-0.1, -0.05) is 0 Å². The van der Waals surface area contributed by atoms with Gasteiger partial charge < -0.3 is 10.2 Å². The van der Waals surface area contributed by atoms with Crippen LogP contribution in [0.5, 0.6) is 0 Å². The quantitative estimate of drug-likeness (QED) is 0.879. The van der Waals surface area contributed by atoms with Gasteiger partial charge in [0.05, 0.1) is 5.56 Å². The Morgan fingerprint density at radius 1 is 1.61 bits per heavy atom. The number of pyridine rings is 1. The number of hydrogen-bond donors (Lipinski definition) is 1. The molecular formula is C14H20N4. The molecule has 1 N–H and O–H groups in total. The van der Waals surface area contributed by atoms with Crippen molar-refractivity contribution in [3.05, 3.63) is 23.4 Å². The highest BCUT2D eigenvalue weighted by Gasteiger charge is 2.18. The molecule has 0 radical (unpaired) electrons. The standard InChI is InChI=1S/C14H20N4/c1-11-5-7-17-14(13(11)8-15)18(2)10-12-4-3-6-16-9-12/h5,7,12,16H,3-4,6,9-10H2,1-2H3. The predicted octanol–water partition coefficient (Wildman–Crippen LogP) is 1.70. The molecule has 0 saturated carbocycles. The minimum Gasteiger partial charge on any atom is -0.358 e. The lowest BCUT2D eigenvalue weighted by molar-refractivity contribution is 0.380. The zero-order valence-corrected chi connectivity index (χ0v) is 11.1. The van der Waals surface area contributed by atoms with Crippen LogP contribution in [0.15, 0.2) is 12.3 Å². The van der Waals surface area contributed by atoms with E-state index < -0.39 is 0 Å². The SMILES string of the molecule is Cc1ccnc(N(C)CC2CCCNC2)c1C#N. The van der Waals surface area contributed by atoms with Crippen molar-refractivity contribution in [2.24, 2.45) is 5.92 Å². The van der Waals surface area contributed by atoms with Gasteiger partial charge in [-0.15, -0.1) is 0 Å². The molecule has 0 aliphatic carbocycles. The number of nitriles is 1. The van der Waals surface area contributed by atoms with Gasteiger partial charge in [0, 0.05) is 19.8 Å². The molecule has 1 aliphatic heterocycles. The number of nitrogens with zero attached hydrogens (tertiary/aromatic N) is 3. The van der Waals surface area contributed by atoms with Crippen molar-refractivity contribution in [2.75, 3.05) is 31.6 Å². The minimum absolute atomic E-state index is 0.651. The second-order valence-corrected chi connectivity index (χ2v) is 5.03. The van der Waals surface area contributed by atoms with Crippen LogP contribution >= 0.6 is 0 Å². The lowest BCUT2D eigenvalue weighted by atomic mass is 9.99. The van der Waals surface area contributed by atoms with Gasteiger partial charge in [-0.3, -0.25) is 0 Å². The highest BCUT2D eigenvalue weighted by molar-refractivity contribution is 5.56. The largest absolute Gasteiger partial charge is 0.358 e. The molecule has 1 aromatic heterocycles. The topological polar surface area (TPSA) is 52.0 Å². The third-order valence-corrected chi connectivity index (χ3v) is 3.54. The van der Waals surface area contributed by atoms with Crippen LogP contribution in [0.25, 0.3) is 0 Å². The van der Waals surface area contributed by atoms with Gasteiger partial charge in [0.15, 0.2) is 0 Å². The van der Waals surface area contributed by atoms with E-state index in [0.29, 0.717) is 11.5 Å². The van der Waals surface area contributed by atoms with E-state index in [1.807, 2.05) is 20.0 Å². The third kappa shape index (κ3) is 2.80. The average molecular weight is 244 g/mol. The van der Waals surface area contributed by atoms with Crippen LogP contribution in [0.3, 0.4) is 0 Å². The molecule has 2 heterocycles. The van der Waals surface area contributed by atoms with Crippen molar-refractivity contribution >= 4 is 5.82 Å². The number of nitrogens with one attached hydrogen (secondary N) is 1. The first-order valence-electron chi connectivity index (χ1n) is 6.50. The molecule has 4 heteroatoms. The highest BCUT2D eigenvalue weighted by Crippen LogP contribution is 2.21. The molecule has 0 spiro atoms. The van der Waals surface area contributed by atoms with E-state index >= 15 is 0 Å². The summed E-state index contributed by atoms with van der Waals surface area (Å²) in [5, 5.41) is 12.6. The Bertz CT molecular complexity index is 444. The zero-order chi connectivity index (χ0) is 13.0. The summed E-state index contributed by atoms with van der Waals surface area (Å²) in [5.74, 6) is 1.46. The second-order valence-electron chi connectivity index (χ2n) is 5.03. The lowest BCUT2D eigenvalue weighted by Crippen LogP contribution is -2.37. The normalized spacial score (nSPS) is 19.3. The summed E-state index contributed by atoms with van der Waals surface area (Å²) in [4.78, 5) is 6.47. The van der Waals surface area contributed by atoms with Crippen LogP contribution in [-0.4, -0.2) is 31.7 Å². The first-order valence-corrected chi connectivity index (χ1v) is 6.50. The fourth-order valence-electron chi connectivity index (χ4n) is 2.53. The summed E-state index contributed by atoms with van der Waals surface area (Å²) in [7, 11) is 2.03. The molecule has 1 aliphatic rings. The minimum atomic E-state index is 0.651. The number of piperidine rings is 1. The molecule has 0 bridgehead atoms. The Labute approximate surface area is 109 Å². The van der Waals surface area contributed by atoms with Crippen molar-refractivity contribution in [3.8, 4) is 6.07 Å². The fraction of sp³-hybridized carbons (Fsp3) is 0.571. The Morgan fingerprint density at radius 2 is 2.44 bits per heavy atom. The van der Waals surface area contributed by atoms with Crippen LogP contribution in [0.2, 0.25) is 0 Å². The molecule has 96 valence electrons. The maximum Gasteiger partial charge on any atom is 0.146 e. The van der Waals surface area contributed by atoms with Crippen molar-refractivity contribution < 1.29 is 0 Å². The van der Waals surface area contributed by atoms with Crippen LogP contribution in [0.1, 0.15) is 24.0 Å². The van der Waals surface area contributed by atoms with E-state index in [1.165, 1.54) is 12.8 Å². The van der Waals surface area contributed by atoms with Crippen LogP contribution in [0.4, 0.5) is 5.82 Å². The molecule has 1 aromatic rings. The molecule has 4 nitrogen and oxygen atoms in total. The summed E-state index contributed by atoms with van der Waals surface area (Å²) in [6.07, 6.45) is 4.27. The maximum absolute atomic E-state index is 9.22. The average Bonchev–Trinajstić information content (AvgIpc) is 2.39. The van der Waals surface area contributed by atoms with E-state index in [2.05, 4.69) is 21.3 Å². The lowest BCUT2D eigenvalue weighted by Gasteiger charge is -2.28. The summed E-state index contributed by atoms with van der Waals surface area (Å²) < 4.78 is 0.